The molecule has 0 saturated heterocycles. The summed E-state index contributed by atoms with van der Waals surface area (Å²) in [4.78, 5) is -0.213. The summed E-state index contributed by atoms with van der Waals surface area (Å²) in [5.74, 6) is 0. The highest BCUT2D eigenvalue weighted by atomic mass is 79.9. The second kappa shape index (κ2) is 6.34. The van der Waals surface area contributed by atoms with Crippen LogP contribution in [0.1, 0.15) is 0 Å². The maximum absolute atomic E-state index is 12.4. The summed E-state index contributed by atoms with van der Waals surface area (Å²) in [6.07, 6.45) is 0. The van der Waals surface area contributed by atoms with Gasteiger partial charge in [-0.05, 0) is 46.3 Å². The highest BCUT2D eigenvalue weighted by molar-refractivity contribution is 9.11. The molecule has 0 heterocycles. The van der Waals surface area contributed by atoms with E-state index in [4.69, 9.17) is 28.9 Å². The summed E-state index contributed by atoms with van der Waals surface area (Å²) in [5, 5.41) is -0.0820. The summed E-state index contributed by atoms with van der Waals surface area (Å²) >= 11 is 18.5. The number of nitrogens with two attached hydrogens (primary N) is 1. The van der Waals surface area contributed by atoms with E-state index >= 15 is 0 Å². The summed E-state index contributed by atoms with van der Waals surface area (Å²) in [5.41, 5.74) is 6.22. The molecule has 21 heavy (non-hydrogen) atoms. The summed E-state index contributed by atoms with van der Waals surface area (Å²) in [7, 11) is -3.94. The molecule has 0 amide bonds. The third-order valence-corrected chi connectivity index (χ3v) is 5.90. The standard InChI is InChI=1S/C12H8Br2Cl2N2O2S/c13-6-1-2-11(8(14)3-6)18-21(19,20)12-9(15)4-7(17)5-10(12)16/h1-5,18H,17H2. The predicted molar refractivity (Wildman–Crippen MR) is 93.5 cm³/mol. The van der Waals surface area contributed by atoms with Gasteiger partial charge in [0.25, 0.3) is 10.0 Å². The van der Waals surface area contributed by atoms with Crippen LogP contribution in [0.3, 0.4) is 0 Å². The van der Waals surface area contributed by atoms with Crippen LogP contribution >= 0.6 is 55.1 Å². The minimum Gasteiger partial charge on any atom is -0.399 e. The Hall–Kier alpha value is -0.470. The van der Waals surface area contributed by atoms with Crippen molar-refractivity contribution in [2.75, 3.05) is 10.5 Å². The van der Waals surface area contributed by atoms with Gasteiger partial charge >= 0.3 is 0 Å². The second-order valence-corrected chi connectivity index (χ2v) is 8.25. The molecular weight excluding hydrogens is 467 g/mol. The van der Waals surface area contributed by atoms with E-state index in [1.54, 1.807) is 18.2 Å². The van der Waals surface area contributed by atoms with Gasteiger partial charge in [0.15, 0.2) is 0 Å². The van der Waals surface area contributed by atoms with Gasteiger partial charge in [-0.25, -0.2) is 8.42 Å². The van der Waals surface area contributed by atoms with Crippen LogP contribution in [0, 0.1) is 0 Å². The van der Waals surface area contributed by atoms with Gasteiger partial charge in [-0.2, -0.15) is 0 Å². The zero-order chi connectivity index (χ0) is 15.8. The average Bonchev–Trinajstić information content (AvgIpc) is 2.30. The van der Waals surface area contributed by atoms with Crippen molar-refractivity contribution in [1.29, 1.82) is 0 Å². The van der Waals surface area contributed by atoms with Crippen molar-refractivity contribution in [3.8, 4) is 0 Å². The highest BCUT2D eigenvalue weighted by Gasteiger charge is 2.23. The minimum absolute atomic E-state index is 0.0410. The van der Waals surface area contributed by atoms with Gasteiger partial charge in [-0.3, -0.25) is 4.72 Å². The molecule has 0 bridgehead atoms. The van der Waals surface area contributed by atoms with E-state index in [1.165, 1.54) is 12.1 Å². The summed E-state index contributed by atoms with van der Waals surface area (Å²) in [6, 6.07) is 7.68. The van der Waals surface area contributed by atoms with Crippen LogP contribution in [0.25, 0.3) is 0 Å². The van der Waals surface area contributed by atoms with Crippen LogP contribution in [0.2, 0.25) is 10.0 Å². The third kappa shape index (κ3) is 3.84. The molecule has 4 nitrogen and oxygen atoms in total. The van der Waals surface area contributed by atoms with Crippen molar-refractivity contribution in [3.63, 3.8) is 0 Å². The number of anilines is 2. The van der Waals surface area contributed by atoms with Crippen LogP contribution in [-0.2, 0) is 10.0 Å². The van der Waals surface area contributed by atoms with Crippen LogP contribution in [-0.4, -0.2) is 8.42 Å². The van der Waals surface area contributed by atoms with E-state index in [2.05, 4.69) is 36.6 Å². The van der Waals surface area contributed by atoms with E-state index in [0.29, 0.717) is 10.2 Å². The molecule has 0 aliphatic carbocycles. The van der Waals surface area contributed by atoms with Gasteiger partial charge in [0.2, 0.25) is 0 Å². The number of hydrogen-bond donors (Lipinski definition) is 2. The van der Waals surface area contributed by atoms with Crippen molar-refractivity contribution in [2.45, 2.75) is 4.90 Å². The monoisotopic (exact) mass is 472 g/mol. The molecule has 0 aliphatic heterocycles. The lowest BCUT2D eigenvalue weighted by atomic mass is 10.3. The lowest BCUT2D eigenvalue weighted by molar-refractivity contribution is 0.601. The predicted octanol–water partition coefficient (Wildman–Crippen LogP) is 4.90. The summed E-state index contributed by atoms with van der Waals surface area (Å²) < 4.78 is 28.7. The van der Waals surface area contributed by atoms with E-state index in [9.17, 15) is 8.42 Å². The molecule has 0 aliphatic rings. The normalized spacial score (nSPS) is 11.4. The Balaban J connectivity index is 2.48. The summed E-state index contributed by atoms with van der Waals surface area (Å²) in [6.45, 7) is 0. The largest absolute Gasteiger partial charge is 0.399 e. The number of rotatable bonds is 3. The van der Waals surface area contributed by atoms with Gasteiger partial charge in [0.05, 0.1) is 15.7 Å². The van der Waals surface area contributed by atoms with Gasteiger partial charge in [-0.1, -0.05) is 39.1 Å². The molecule has 0 aromatic heterocycles. The third-order valence-electron chi connectivity index (χ3n) is 2.46. The average molecular weight is 475 g/mol. The number of hydrogen-bond acceptors (Lipinski definition) is 3. The highest BCUT2D eigenvalue weighted by Crippen LogP contribution is 2.34. The Morgan fingerprint density at radius 1 is 1.05 bits per heavy atom. The van der Waals surface area contributed by atoms with E-state index in [0.717, 1.165) is 4.47 Å². The van der Waals surface area contributed by atoms with Gasteiger partial charge < -0.3 is 5.73 Å². The zero-order valence-electron chi connectivity index (χ0n) is 10.2. The van der Waals surface area contributed by atoms with Crippen molar-refractivity contribution in [2.24, 2.45) is 0 Å². The Kier molecular flexibility index (Phi) is 5.10. The van der Waals surface area contributed by atoms with Crippen LogP contribution < -0.4 is 10.5 Å². The maximum Gasteiger partial charge on any atom is 0.264 e. The molecule has 2 aromatic rings. The Morgan fingerprint density at radius 2 is 1.62 bits per heavy atom. The van der Waals surface area contributed by atoms with E-state index < -0.39 is 10.0 Å². The minimum atomic E-state index is -3.94. The van der Waals surface area contributed by atoms with Crippen molar-refractivity contribution >= 4 is 76.5 Å². The van der Waals surface area contributed by atoms with Crippen LogP contribution in [0.4, 0.5) is 11.4 Å². The first-order valence-corrected chi connectivity index (χ1v) is 9.25. The first kappa shape index (κ1) is 16.9. The van der Waals surface area contributed by atoms with Crippen molar-refractivity contribution in [1.82, 2.24) is 0 Å². The van der Waals surface area contributed by atoms with E-state index in [1.807, 2.05) is 0 Å². The zero-order valence-corrected chi connectivity index (χ0v) is 15.7. The van der Waals surface area contributed by atoms with Gasteiger partial charge in [-0.15, -0.1) is 0 Å². The first-order chi connectivity index (χ1) is 9.70. The lowest BCUT2D eigenvalue weighted by Crippen LogP contribution is -2.14. The molecule has 0 atom stereocenters. The number of nitrogens with one attached hydrogen (secondary N) is 1. The first-order valence-electron chi connectivity index (χ1n) is 5.43. The molecule has 0 saturated carbocycles. The molecule has 0 unspecified atom stereocenters. The fraction of sp³-hybridized carbons (Fsp3) is 0. The number of benzene rings is 2. The van der Waals surface area contributed by atoms with Crippen LogP contribution in [0.15, 0.2) is 44.2 Å². The molecule has 3 N–H and O–H groups in total. The molecular formula is C12H8Br2Cl2N2O2S. The molecule has 9 heteroatoms. The Bertz CT molecular complexity index is 790. The molecule has 0 spiro atoms. The maximum atomic E-state index is 12.4. The van der Waals surface area contributed by atoms with Crippen molar-refractivity contribution < 1.29 is 8.42 Å². The molecule has 112 valence electrons. The topological polar surface area (TPSA) is 72.2 Å². The lowest BCUT2D eigenvalue weighted by Gasteiger charge is -2.13. The quantitative estimate of drug-likeness (QED) is 0.621. The second-order valence-electron chi connectivity index (χ2n) is 4.04. The van der Waals surface area contributed by atoms with E-state index in [-0.39, 0.29) is 20.6 Å². The van der Waals surface area contributed by atoms with Crippen molar-refractivity contribution in [3.05, 3.63) is 49.3 Å². The molecule has 0 fully saturated rings. The van der Waals surface area contributed by atoms with Gasteiger partial charge in [0, 0.05) is 14.6 Å². The fourth-order valence-electron chi connectivity index (χ4n) is 1.60. The molecule has 2 aromatic carbocycles. The number of halogens is 4. The fourth-order valence-corrected chi connectivity index (χ4v) is 5.20. The van der Waals surface area contributed by atoms with Gasteiger partial charge in [0.1, 0.15) is 4.90 Å². The molecule has 2 rings (SSSR count). The SMILES string of the molecule is Nc1cc(Cl)c(S(=O)(=O)Nc2ccc(Br)cc2Br)c(Cl)c1. The Morgan fingerprint density at radius 3 is 2.14 bits per heavy atom. The smallest absolute Gasteiger partial charge is 0.264 e. The number of sulfonamides is 1. The Labute approximate surface area is 148 Å². The molecule has 0 radical (unpaired) electrons. The number of nitrogen functional groups attached to an aromatic ring is 1. The van der Waals surface area contributed by atoms with Crippen LogP contribution in [0.5, 0.6) is 0 Å².